The first-order chi connectivity index (χ1) is 11.6. The van der Waals surface area contributed by atoms with E-state index in [9.17, 15) is 9.59 Å². The predicted octanol–water partition coefficient (Wildman–Crippen LogP) is 2.89. The van der Waals surface area contributed by atoms with Gasteiger partial charge in [-0.15, -0.1) is 0 Å². The second kappa shape index (κ2) is 5.62. The van der Waals surface area contributed by atoms with Gasteiger partial charge in [-0.25, -0.2) is 0 Å². The number of piperidine rings is 1. The maximum absolute atomic E-state index is 13.0. The van der Waals surface area contributed by atoms with Gasteiger partial charge in [0.25, 0.3) is 5.91 Å². The summed E-state index contributed by atoms with van der Waals surface area (Å²) in [4.78, 5) is 26.5. The van der Waals surface area contributed by atoms with Crippen molar-refractivity contribution >= 4 is 22.6 Å². The Morgan fingerprint density at radius 3 is 2.46 bits per heavy atom. The summed E-state index contributed by atoms with van der Waals surface area (Å²) in [6, 6.07) is 12.1. The minimum absolute atomic E-state index is 0.0726. The third-order valence-corrected chi connectivity index (χ3v) is 5.68. The summed E-state index contributed by atoms with van der Waals surface area (Å²) in [6.07, 6.45) is 2.42. The van der Waals surface area contributed by atoms with E-state index < -0.39 is 0 Å². The molecule has 24 heavy (non-hydrogen) atoms. The zero-order chi connectivity index (χ0) is 16.7. The van der Waals surface area contributed by atoms with Crippen LogP contribution in [0.1, 0.15) is 35.2 Å². The summed E-state index contributed by atoms with van der Waals surface area (Å²) in [6.45, 7) is 4.30. The number of benzene rings is 2. The number of amides is 2. The molecule has 0 aromatic heterocycles. The van der Waals surface area contributed by atoms with Gasteiger partial charge in [-0.1, -0.05) is 30.3 Å². The van der Waals surface area contributed by atoms with Gasteiger partial charge in [-0.2, -0.15) is 0 Å². The highest BCUT2D eigenvalue weighted by atomic mass is 16.2. The molecule has 2 saturated heterocycles. The van der Waals surface area contributed by atoms with Gasteiger partial charge in [0.05, 0.1) is 0 Å². The average Bonchev–Trinajstić information content (AvgIpc) is 2.96. The van der Waals surface area contributed by atoms with Crippen molar-refractivity contribution in [2.75, 3.05) is 19.6 Å². The summed E-state index contributed by atoms with van der Waals surface area (Å²) in [5, 5.41) is 5.11. The average molecular weight is 322 g/mol. The number of aryl methyl sites for hydroxylation is 1. The van der Waals surface area contributed by atoms with Crippen molar-refractivity contribution in [2.45, 2.75) is 26.2 Å². The van der Waals surface area contributed by atoms with E-state index in [0.29, 0.717) is 6.42 Å². The standard InChI is InChI=1S/C20H22N2O2/c1-14-6-7-17(16-5-3-2-4-15(14)16)19(24)22-10-8-20(9-11-22)12-18(23)21-13-20/h2-7H,8-13H2,1H3,(H,21,23). The van der Waals surface area contributed by atoms with E-state index in [4.69, 9.17) is 0 Å². The molecule has 0 unspecified atom stereocenters. The Kier molecular flexibility index (Phi) is 3.56. The molecule has 0 aliphatic carbocycles. The van der Waals surface area contributed by atoms with Gasteiger partial charge in [0.15, 0.2) is 0 Å². The lowest BCUT2D eigenvalue weighted by atomic mass is 9.77. The fourth-order valence-electron chi connectivity index (χ4n) is 4.10. The summed E-state index contributed by atoms with van der Waals surface area (Å²) >= 11 is 0. The Morgan fingerprint density at radius 1 is 1.08 bits per heavy atom. The molecule has 2 aliphatic heterocycles. The van der Waals surface area contributed by atoms with Crippen LogP contribution in [0, 0.1) is 12.3 Å². The number of hydrogen-bond donors (Lipinski definition) is 1. The molecule has 2 aliphatic rings. The van der Waals surface area contributed by atoms with Crippen LogP contribution in [-0.4, -0.2) is 36.3 Å². The van der Waals surface area contributed by atoms with Crippen LogP contribution in [0.4, 0.5) is 0 Å². The van der Waals surface area contributed by atoms with Crippen molar-refractivity contribution in [3.05, 3.63) is 47.5 Å². The summed E-state index contributed by atoms with van der Waals surface area (Å²) in [5.41, 5.74) is 2.05. The van der Waals surface area contributed by atoms with Gasteiger partial charge in [-0.3, -0.25) is 9.59 Å². The SMILES string of the molecule is Cc1ccc(C(=O)N2CCC3(CC2)CNC(=O)C3)c2ccccc12. The smallest absolute Gasteiger partial charge is 0.254 e. The molecule has 2 fully saturated rings. The molecule has 2 aromatic carbocycles. The summed E-state index contributed by atoms with van der Waals surface area (Å²) in [7, 11) is 0. The number of nitrogens with zero attached hydrogens (tertiary/aromatic N) is 1. The van der Waals surface area contributed by atoms with E-state index in [1.807, 2.05) is 35.2 Å². The first kappa shape index (κ1) is 15.2. The minimum Gasteiger partial charge on any atom is -0.356 e. The van der Waals surface area contributed by atoms with Crippen LogP contribution < -0.4 is 5.32 Å². The molecule has 2 aromatic rings. The van der Waals surface area contributed by atoms with Crippen LogP contribution in [0.2, 0.25) is 0 Å². The lowest BCUT2D eigenvalue weighted by Crippen LogP contribution is -2.44. The van der Waals surface area contributed by atoms with E-state index in [1.54, 1.807) is 0 Å². The molecule has 4 rings (SSSR count). The Labute approximate surface area is 141 Å². The highest BCUT2D eigenvalue weighted by Gasteiger charge is 2.41. The number of carbonyl (C=O) groups excluding carboxylic acids is 2. The monoisotopic (exact) mass is 322 g/mol. The molecule has 0 saturated carbocycles. The first-order valence-corrected chi connectivity index (χ1v) is 8.62. The van der Waals surface area contributed by atoms with Crippen LogP contribution in [0.5, 0.6) is 0 Å². The van der Waals surface area contributed by atoms with Crippen LogP contribution >= 0.6 is 0 Å². The van der Waals surface area contributed by atoms with Gasteiger partial charge >= 0.3 is 0 Å². The van der Waals surface area contributed by atoms with Crippen molar-refractivity contribution in [1.29, 1.82) is 0 Å². The largest absolute Gasteiger partial charge is 0.356 e. The molecule has 4 heteroatoms. The first-order valence-electron chi connectivity index (χ1n) is 8.62. The Balaban J connectivity index is 1.57. The van der Waals surface area contributed by atoms with E-state index in [0.717, 1.165) is 48.8 Å². The number of hydrogen-bond acceptors (Lipinski definition) is 2. The molecule has 4 nitrogen and oxygen atoms in total. The fraction of sp³-hybridized carbons (Fsp3) is 0.400. The molecule has 0 radical (unpaired) electrons. The van der Waals surface area contributed by atoms with Crippen LogP contribution in [0.15, 0.2) is 36.4 Å². The van der Waals surface area contributed by atoms with Crippen molar-refractivity contribution in [3.8, 4) is 0 Å². The molecule has 0 bridgehead atoms. The third-order valence-electron chi connectivity index (χ3n) is 5.68. The van der Waals surface area contributed by atoms with Crippen molar-refractivity contribution in [2.24, 2.45) is 5.41 Å². The van der Waals surface area contributed by atoms with E-state index >= 15 is 0 Å². The Morgan fingerprint density at radius 2 is 1.79 bits per heavy atom. The molecule has 2 heterocycles. The molecular weight excluding hydrogens is 300 g/mol. The maximum atomic E-state index is 13.0. The highest BCUT2D eigenvalue weighted by molar-refractivity contribution is 6.07. The van der Waals surface area contributed by atoms with Crippen molar-refractivity contribution in [3.63, 3.8) is 0 Å². The molecule has 1 spiro atoms. The highest BCUT2D eigenvalue weighted by Crippen LogP contribution is 2.38. The molecule has 124 valence electrons. The van der Waals surface area contributed by atoms with Crippen LogP contribution in [-0.2, 0) is 4.79 Å². The number of likely N-dealkylation sites (tertiary alicyclic amines) is 1. The number of rotatable bonds is 1. The van der Waals surface area contributed by atoms with E-state index in [2.05, 4.69) is 18.3 Å². The quantitative estimate of drug-likeness (QED) is 0.877. The van der Waals surface area contributed by atoms with Gasteiger partial charge < -0.3 is 10.2 Å². The predicted molar refractivity (Wildman–Crippen MR) is 93.9 cm³/mol. The van der Waals surface area contributed by atoms with E-state index in [1.165, 1.54) is 5.56 Å². The lowest BCUT2D eigenvalue weighted by molar-refractivity contribution is -0.119. The molecular formula is C20H22N2O2. The normalized spacial score (nSPS) is 19.7. The van der Waals surface area contributed by atoms with Gasteiger partial charge in [0, 0.05) is 31.6 Å². The second-order valence-electron chi connectivity index (χ2n) is 7.22. The number of nitrogens with one attached hydrogen (secondary N) is 1. The zero-order valence-corrected chi connectivity index (χ0v) is 14.0. The Hall–Kier alpha value is -2.36. The molecule has 1 N–H and O–H groups in total. The fourth-order valence-corrected chi connectivity index (χ4v) is 4.10. The maximum Gasteiger partial charge on any atom is 0.254 e. The molecule has 2 amide bonds. The zero-order valence-electron chi connectivity index (χ0n) is 14.0. The third kappa shape index (κ3) is 2.46. The topological polar surface area (TPSA) is 49.4 Å². The van der Waals surface area contributed by atoms with Crippen molar-refractivity contribution < 1.29 is 9.59 Å². The summed E-state index contributed by atoms with van der Waals surface area (Å²) < 4.78 is 0. The van der Waals surface area contributed by atoms with Crippen LogP contribution in [0.25, 0.3) is 10.8 Å². The minimum atomic E-state index is 0.0726. The number of fused-ring (bicyclic) bond motifs is 1. The van der Waals surface area contributed by atoms with Gasteiger partial charge in [-0.05, 0) is 47.6 Å². The second-order valence-corrected chi connectivity index (χ2v) is 7.22. The van der Waals surface area contributed by atoms with Gasteiger partial charge in [0.1, 0.15) is 0 Å². The molecule has 0 atom stereocenters. The van der Waals surface area contributed by atoms with Crippen LogP contribution in [0.3, 0.4) is 0 Å². The van der Waals surface area contributed by atoms with Gasteiger partial charge in [0.2, 0.25) is 5.91 Å². The van der Waals surface area contributed by atoms with E-state index in [-0.39, 0.29) is 17.2 Å². The number of carbonyl (C=O) groups is 2. The lowest BCUT2D eigenvalue weighted by Gasteiger charge is -2.38. The Bertz CT molecular complexity index is 819. The van der Waals surface area contributed by atoms with Crippen molar-refractivity contribution in [1.82, 2.24) is 10.2 Å². The summed E-state index contributed by atoms with van der Waals surface area (Å²) in [5.74, 6) is 0.262.